The number of Topliss-reactive ketones (excluding diaryl/α,β-unsaturated/α-hetero) is 1. The fourth-order valence-electron chi connectivity index (χ4n) is 1.02. The molecule has 0 heterocycles. The van der Waals surface area contributed by atoms with Crippen molar-refractivity contribution in [2.75, 3.05) is 5.88 Å². The number of carbonyl (C=O) groups excluding carboxylic acids is 1. The van der Waals surface area contributed by atoms with Gasteiger partial charge in [-0.15, -0.1) is 11.6 Å². The number of nitro benzene ring substituents is 1. The van der Waals surface area contributed by atoms with Crippen LogP contribution in [0.15, 0.2) is 16.6 Å². The van der Waals surface area contributed by atoms with Crippen molar-refractivity contribution in [3.63, 3.8) is 0 Å². The van der Waals surface area contributed by atoms with E-state index in [0.29, 0.717) is 8.04 Å². The average molecular weight is 404 g/mol. The highest BCUT2D eigenvalue weighted by atomic mass is 127. The SMILES string of the molecule is O=C(CCl)c1ccc(I)c(Br)c1[N+](=O)[O-]. The third-order valence-electron chi connectivity index (χ3n) is 1.67. The van der Waals surface area contributed by atoms with Crippen molar-refractivity contribution < 1.29 is 9.72 Å². The van der Waals surface area contributed by atoms with Gasteiger partial charge in [0.1, 0.15) is 4.47 Å². The Kier molecular flexibility index (Phi) is 4.47. The van der Waals surface area contributed by atoms with Crippen molar-refractivity contribution in [1.29, 1.82) is 0 Å². The van der Waals surface area contributed by atoms with Crippen LogP contribution in [0.3, 0.4) is 0 Å². The summed E-state index contributed by atoms with van der Waals surface area (Å²) in [5.41, 5.74) is -0.199. The number of halogens is 3. The molecule has 0 aliphatic rings. The minimum Gasteiger partial charge on any atom is -0.293 e. The number of nitrogens with zero attached hydrogens (tertiary/aromatic N) is 1. The van der Waals surface area contributed by atoms with E-state index in [2.05, 4.69) is 15.9 Å². The lowest BCUT2D eigenvalue weighted by Crippen LogP contribution is -2.06. The third-order valence-corrected chi connectivity index (χ3v) is 4.36. The Hall–Kier alpha value is -0.210. The molecule has 0 aliphatic heterocycles. The van der Waals surface area contributed by atoms with Crippen molar-refractivity contribution >= 4 is 61.6 Å². The van der Waals surface area contributed by atoms with Crippen LogP contribution in [0.25, 0.3) is 0 Å². The van der Waals surface area contributed by atoms with Crippen LogP contribution in [0.4, 0.5) is 5.69 Å². The molecular formula is C8H4BrClINO3. The molecule has 1 aromatic rings. The molecule has 0 atom stereocenters. The summed E-state index contributed by atoms with van der Waals surface area (Å²) in [6, 6.07) is 3.03. The smallest absolute Gasteiger partial charge is 0.293 e. The van der Waals surface area contributed by atoms with Gasteiger partial charge in [-0.3, -0.25) is 14.9 Å². The standard InChI is InChI=1S/C8H4BrClINO3/c9-7-5(11)2-1-4(6(13)3-10)8(7)12(14)15/h1-2H,3H2. The second-order valence-electron chi connectivity index (χ2n) is 2.57. The van der Waals surface area contributed by atoms with E-state index in [1.54, 1.807) is 6.07 Å². The molecule has 0 saturated heterocycles. The lowest BCUT2D eigenvalue weighted by atomic mass is 10.1. The third kappa shape index (κ3) is 2.67. The van der Waals surface area contributed by atoms with E-state index in [-0.39, 0.29) is 17.1 Å². The van der Waals surface area contributed by atoms with E-state index >= 15 is 0 Å². The number of ketones is 1. The van der Waals surface area contributed by atoms with Gasteiger partial charge >= 0.3 is 0 Å². The fraction of sp³-hybridized carbons (Fsp3) is 0.125. The molecule has 0 N–H and O–H groups in total. The van der Waals surface area contributed by atoms with Crippen LogP contribution in [0.5, 0.6) is 0 Å². The fourth-order valence-corrected chi connectivity index (χ4v) is 2.09. The number of rotatable bonds is 3. The summed E-state index contributed by atoms with van der Waals surface area (Å²) >= 11 is 10.4. The zero-order valence-electron chi connectivity index (χ0n) is 7.17. The zero-order valence-corrected chi connectivity index (χ0v) is 11.7. The molecule has 0 radical (unpaired) electrons. The van der Waals surface area contributed by atoms with Crippen molar-refractivity contribution in [1.82, 2.24) is 0 Å². The molecule has 80 valence electrons. The first-order valence-corrected chi connectivity index (χ1v) is 6.11. The first-order chi connectivity index (χ1) is 6.99. The van der Waals surface area contributed by atoms with Gasteiger partial charge < -0.3 is 0 Å². The van der Waals surface area contributed by atoms with E-state index in [1.807, 2.05) is 22.6 Å². The molecule has 1 rings (SSSR count). The van der Waals surface area contributed by atoms with Gasteiger partial charge in [-0.25, -0.2) is 0 Å². The molecule has 4 nitrogen and oxygen atoms in total. The van der Waals surface area contributed by atoms with Crippen LogP contribution in [0.1, 0.15) is 10.4 Å². The summed E-state index contributed by atoms with van der Waals surface area (Å²) < 4.78 is 0.981. The Balaban J connectivity index is 3.46. The molecule has 0 aliphatic carbocycles. The predicted octanol–water partition coefficient (Wildman–Crippen LogP) is 3.38. The normalized spacial score (nSPS) is 10.1. The van der Waals surface area contributed by atoms with Gasteiger partial charge in [-0.2, -0.15) is 0 Å². The van der Waals surface area contributed by atoms with E-state index in [9.17, 15) is 14.9 Å². The summed E-state index contributed by atoms with van der Waals surface area (Å²) in [6.07, 6.45) is 0. The number of hydrogen-bond donors (Lipinski definition) is 0. The minimum absolute atomic E-state index is 0.0299. The molecule has 0 amide bonds. The van der Waals surface area contributed by atoms with Gasteiger partial charge in [-0.1, -0.05) is 0 Å². The molecule has 0 bridgehead atoms. The molecule has 0 aromatic heterocycles. The van der Waals surface area contributed by atoms with Crippen molar-refractivity contribution in [3.05, 3.63) is 35.9 Å². The number of benzene rings is 1. The highest BCUT2D eigenvalue weighted by Gasteiger charge is 2.24. The summed E-state index contributed by atoms with van der Waals surface area (Å²) in [6.45, 7) is 0. The molecule has 15 heavy (non-hydrogen) atoms. The van der Waals surface area contributed by atoms with Crippen molar-refractivity contribution in [2.24, 2.45) is 0 Å². The minimum atomic E-state index is -0.591. The van der Waals surface area contributed by atoms with Crippen LogP contribution in [-0.4, -0.2) is 16.6 Å². The summed E-state index contributed by atoms with van der Waals surface area (Å²) in [4.78, 5) is 21.5. The van der Waals surface area contributed by atoms with Crippen LogP contribution in [0.2, 0.25) is 0 Å². The van der Waals surface area contributed by atoms with Gasteiger partial charge in [-0.05, 0) is 50.7 Å². The van der Waals surface area contributed by atoms with E-state index in [0.717, 1.165) is 0 Å². The Labute approximate surface area is 112 Å². The van der Waals surface area contributed by atoms with Gasteiger partial charge in [0.2, 0.25) is 0 Å². The highest BCUT2D eigenvalue weighted by molar-refractivity contribution is 14.1. The molecule has 0 saturated carbocycles. The van der Waals surface area contributed by atoms with E-state index in [1.165, 1.54) is 6.07 Å². The maximum Gasteiger partial charge on any atom is 0.295 e. The van der Waals surface area contributed by atoms with E-state index < -0.39 is 10.7 Å². The maximum atomic E-state index is 11.3. The quantitative estimate of drug-likeness (QED) is 0.255. The van der Waals surface area contributed by atoms with Crippen LogP contribution >= 0.6 is 50.1 Å². The maximum absolute atomic E-state index is 11.3. The summed E-state index contributed by atoms with van der Waals surface area (Å²) in [5.74, 6) is -0.728. The molecule has 1 aromatic carbocycles. The predicted molar refractivity (Wildman–Crippen MR) is 68.6 cm³/mol. The number of hydrogen-bond acceptors (Lipinski definition) is 3. The zero-order chi connectivity index (χ0) is 11.6. The van der Waals surface area contributed by atoms with E-state index in [4.69, 9.17) is 11.6 Å². The van der Waals surface area contributed by atoms with Gasteiger partial charge in [0.15, 0.2) is 5.78 Å². The Morgan fingerprint density at radius 3 is 2.67 bits per heavy atom. The molecule has 0 fully saturated rings. The average Bonchev–Trinajstić information content (AvgIpc) is 2.20. The van der Waals surface area contributed by atoms with Crippen LogP contribution in [-0.2, 0) is 0 Å². The van der Waals surface area contributed by atoms with Gasteiger partial charge in [0.05, 0.1) is 16.4 Å². The molecule has 0 spiro atoms. The number of alkyl halides is 1. The van der Waals surface area contributed by atoms with Crippen molar-refractivity contribution in [3.8, 4) is 0 Å². The lowest BCUT2D eigenvalue weighted by Gasteiger charge is -2.03. The van der Waals surface area contributed by atoms with Crippen molar-refractivity contribution in [2.45, 2.75) is 0 Å². The summed E-state index contributed by atoms with van der Waals surface area (Å²) in [7, 11) is 0. The Bertz CT molecular complexity index is 438. The number of carbonyl (C=O) groups is 1. The first kappa shape index (κ1) is 12.9. The van der Waals surface area contributed by atoms with Gasteiger partial charge in [0.25, 0.3) is 5.69 Å². The molecule has 7 heteroatoms. The Morgan fingerprint density at radius 1 is 1.60 bits per heavy atom. The van der Waals surface area contributed by atoms with Gasteiger partial charge in [0, 0.05) is 3.57 Å². The first-order valence-electron chi connectivity index (χ1n) is 3.70. The van der Waals surface area contributed by atoms with Crippen LogP contribution in [0, 0.1) is 13.7 Å². The lowest BCUT2D eigenvalue weighted by molar-refractivity contribution is -0.386. The molecule has 0 unspecified atom stereocenters. The monoisotopic (exact) mass is 403 g/mol. The second kappa shape index (κ2) is 5.22. The largest absolute Gasteiger partial charge is 0.295 e. The second-order valence-corrected chi connectivity index (χ2v) is 4.79. The Morgan fingerprint density at radius 2 is 2.20 bits per heavy atom. The highest BCUT2D eigenvalue weighted by Crippen LogP contribution is 2.33. The summed E-state index contributed by atoms with van der Waals surface area (Å²) in [5, 5.41) is 10.8. The number of nitro groups is 1. The van der Waals surface area contributed by atoms with Crippen LogP contribution < -0.4 is 0 Å². The molecular weight excluding hydrogens is 400 g/mol. The topological polar surface area (TPSA) is 60.2 Å².